The third-order valence-electron chi connectivity index (χ3n) is 8.91. The molecule has 178 valence electrons. The van der Waals surface area contributed by atoms with Crippen LogP contribution in [-0.2, 0) is 14.3 Å². The number of Topliss-reactive ketones (excluding diaryl/α,β-unsaturated/α-hetero) is 1. The van der Waals surface area contributed by atoms with Gasteiger partial charge in [0.2, 0.25) is 0 Å². The molecular formula is C25H36O7. The van der Waals surface area contributed by atoms with Gasteiger partial charge >= 0.3 is 5.97 Å². The molecule has 2 fully saturated rings. The van der Waals surface area contributed by atoms with Crippen molar-refractivity contribution >= 4 is 11.8 Å². The Balaban J connectivity index is 1.72. The highest BCUT2D eigenvalue weighted by molar-refractivity contribution is 5.95. The molecule has 0 aromatic rings. The van der Waals surface area contributed by atoms with Crippen molar-refractivity contribution in [2.75, 3.05) is 6.61 Å². The van der Waals surface area contributed by atoms with E-state index in [9.17, 15) is 30.0 Å². The van der Waals surface area contributed by atoms with E-state index >= 15 is 0 Å². The predicted molar refractivity (Wildman–Crippen MR) is 116 cm³/mol. The van der Waals surface area contributed by atoms with Crippen LogP contribution in [0, 0.1) is 22.7 Å². The zero-order valence-electron chi connectivity index (χ0n) is 19.4. The van der Waals surface area contributed by atoms with Gasteiger partial charge in [0.1, 0.15) is 24.4 Å². The van der Waals surface area contributed by atoms with Gasteiger partial charge in [-0.1, -0.05) is 45.8 Å². The zero-order chi connectivity index (χ0) is 23.7. The Hall–Kier alpha value is -1.54. The van der Waals surface area contributed by atoms with E-state index < -0.39 is 46.1 Å². The van der Waals surface area contributed by atoms with E-state index in [0.717, 1.165) is 12.8 Å². The minimum absolute atomic E-state index is 0.124. The summed E-state index contributed by atoms with van der Waals surface area (Å²) in [6.07, 6.45) is 3.39. The SMILES string of the molecule is CCCCCC(=O)OCC1=C[C@@H]2C(=O)[C@]3(C=C(C)[C@H](O)[C@@]3(O)[C@@H]1O)CC[C@]1(O)C2C1(C)C. The third-order valence-corrected chi connectivity index (χ3v) is 8.91. The minimum Gasteiger partial charge on any atom is -0.461 e. The molecular weight excluding hydrogens is 412 g/mol. The van der Waals surface area contributed by atoms with Crippen LogP contribution in [0.1, 0.15) is 66.2 Å². The van der Waals surface area contributed by atoms with E-state index in [-0.39, 0.29) is 43.1 Å². The van der Waals surface area contributed by atoms with E-state index in [0.29, 0.717) is 12.0 Å². The number of unbranched alkanes of at least 4 members (excludes halogenated alkanes) is 2. The van der Waals surface area contributed by atoms with Crippen molar-refractivity contribution in [3.8, 4) is 0 Å². The Morgan fingerprint density at radius 3 is 2.50 bits per heavy atom. The first kappa shape index (κ1) is 23.6. The smallest absolute Gasteiger partial charge is 0.306 e. The molecule has 2 bridgehead atoms. The van der Waals surface area contributed by atoms with Crippen molar-refractivity contribution in [1.29, 1.82) is 0 Å². The van der Waals surface area contributed by atoms with Crippen LogP contribution in [0.15, 0.2) is 23.3 Å². The molecule has 0 radical (unpaired) electrons. The number of carbonyl (C=O) groups excluding carboxylic acids is 2. The van der Waals surface area contributed by atoms with Gasteiger partial charge < -0.3 is 25.2 Å². The first-order valence-corrected chi connectivity index (χ1v) is 11.8. The Morgan fingerprint density at radius 2 is 1.84 bits per heavy atom. The number of ether oxygens (including phenoxy) is 1. The lowest BCUT2D eigenvalue weighted by Crippen LogP contribution is -2.63. The number of allylic oxidation sites excluding steroid dienone is 1. The van der Waals surface area contributed by atoms with Crippen LogP contribution < -0.4 is 0 Å². The van der Waals surface area contributed by atoms with Gasteiger partial charge in [-0.3, -0.25) is 9.59 Å². The van der Waals surface area contributed by atoms with Crippen molar-refractivity contribution in [2.45, 2.75) is 89.6 Å². The van der Waals surface area contributed by atoms with E-state index in [4.69, 9.17) is 4.74 Å². The Kier molecular flexibility index (Phi) is 5.52. The van der Waals surface area contributed by atoms with Gasteiger partial charge in [-0.15, -0.1) is 0 Å². The number of ketones is 1. The van der Waals surface area contributed by atoms with Crippen molar-refractivity contribution in [3.05, 3.63) is 23.3 Å². The number of rotatable bonds is 6. The van der Waals surface area contributed by atoms with Crippen LogP contribution in [0.5, 0.6) is 0 Å². The first-order valence-electron chi connectivity index (χ1n) is 11.8. The highest BCUT2D eigenvalue weighted by Crippen LogP contribution is 2.72. The van der Waals surface area contributed by atoms with Gasteiger partial charge in [0.25, 0.3) is 0 Å². The molecule has 2 saturated carbocycles. The lowest BCUT2D eigenvalue weighted by Gasteiger charge is -2.45. The third kappa shape index (κ3) is 2.87. The number of hydrogen-bond acceptors (Lipinski definition) is 7. The van der Waals surface area contributed by atoms with Crippen LogP contribution in [0.4, 0.5) is 0 Å². The maximum Gasteiger partial charge on any atom is 0.306 e. The number of esters is 1. The molecule has 7 nitrogen and oxygen atoms in total. The van der Waals surface area contributed by atoms with E-state index in [1.807, 2.05) is 20.8 Å². The molecule has 7 atom stereocenters. The molecule has 0 aromatic carbocycles. The summed E-state index contributed by atoms with van der Waals surface area (Å²) in [7, 11) is 0. The van der Waals surface area contributed by atoms with Gasteiger partial charge in [-0.05, 0) is 37.3 Å². The molecule has 0 amide bonds. The fraction of sp³-hybridized carbons (Fsp3) is 0.760. The van der Waals surface area contributed by atoms with Crippen LogP contribution in [0.3, 0.4) is 0 Å². The number of hydrogen-bond donors (Lipinski definition) is 4. The lowest BCUT2D eigenvalue weighted by atomic mass is 9.63. The van der Waals surface area contributed by atoms with Crippen molar-refractivity contribution in [1.82, 2.24) is 0 Å². The Bertz CT molecular complexity index is 889. The molecule has 0 heterocycles. The quantitative estimate of drug-likeness (QED) is 0.278. The maximum absolute atomic E-state index is 13.9. The summed E-state index contributed by atoms with van der Waals surface area (Å²) in [6, 6.07) is 0. The van der Waals surface area contributed by atoms with Gasteiger partial charge in [0, 0.05) is 23.7 Å². The van der Waals surface area contributed by atoms with Crippen LogP contribution >= 0.6 is 0 Å². The molecule has 7 heteroatoms. The average Bonchev–Trinajstić information content (AvgIpc) is 3.15. The second-order valence-corrected chi connectivity index (χ2v) is 10.9. The molecule has 32 heavy (non-hydrogen) atoms. The molecule has 1 spiro atoms. The van der Waals surface area contributed by atoms with Crippen LogP contribution in [0.2, 0.25) is 0 Å². The summed E-state index contributed by atoms with van der Waals surface area (Å²) >= 11 is 0. The summed E-state index contributed by atoms with van der Waals surface area (Å²) < 4.78 is 5.40. The second-order valence-electron chi connectivity index (χ2n) is 10.9. The van der Waals surface area contributed by atoms with Crippen molar-refractivity contribution < 1.29 is 34.8 Å². The van der Waals surface area contributed by atoms with Crippen molar-refractivity contribution in [2.24, 2.45) is 22.7 Å². The summed E-state index contributed by atoms with van der Waals surface area (Å²) in [6.45, 7) is 7.23. The molecule has 0 aliphatic heterocycles. The average molecular weight is 449 g/mol. The first-order chi connectivity index (χ1) is 14.9. The molecule has 1 unspecified atom stereocenters. The normalized spacial score (nSPS) is 43.9. The fourth-order valence-electron chi connectivity index (χ4n) is 6.82. The number of fused-ring (bicyclic) bond motifs is 3. The summed E-state index contributed by atoms with van der Waals surface area (Å²) in [5.74, 6) is -1.85. The highest BCUT2D eigenvalue weighted by Gasteiger charge is 2.79. The molecule has 0 aromatic heterocycles. The van der Waals surface area contributed by atoms with Gasteiger partial charge in [0.15, 0.2) is 5.78 Å². The molecule has 4 aliphatic rings. The lowest BCUT2D eigenvalue weighted by molar-refractivity contribution is -0.182. The molecule has 0 saturated heterocycles. The number of aliphatic hydroxyl groups is 4. The number of aliphatic hydroxyl groups excluding tert-OH is 2. The van der Waals surface area contributed by atoms with Gasteiger partial charge in [0.05, 0.1) is 11.0 Å². The molecule has 4 rings (SSSR count). The minimum atomic E-state index is -2.18. The predicted octanol–water partition coefficient (Wildman–Crippen LogP) is 1.82. The second kappa shape index (κ2) is 7.49. The fourth-order valence-corrected chi connectivity index (χ4v) is 6.82. The Labute approximate surface area is 189 Å². The monoisotopic (exact) mass is 448 g/mol. The molecule has 4 N–H and O–H groups in total. The van der Waals surface area contributed by atoms with E-state index in [2.05, 4.69) is 0 Å². The highest BCUT2D eigenvalue weighted by atomic mass is 16.5. The molecule has 4 aliphatic carbocycles. The van der Waals surface area contributed by atoms with Crippen molar-refractivity contribution in [3.63, 3.8) is 0 Å². The van der Waals surface area contributed by atoms with Crippen LogP contribution in [-0.4, -0.2) is 62.2 Å². The summed E-state index contributed by atoms with van der Waals surface area (Å²) in [5, 5.41) is 45.4. The summed E-state index contributed by atoms with van der Waals surface area (Å²) in [4.78, 5) is 26.1. The standard InChI is InChI=1S/C25H36O7/c1-5-6-7-8-17(26)32-13-15-11-16-18-22(3,4)24(18,30)10-9-23(21(16)29)12-14(2)19(27)25(23,31)20(15)28/h11-12,16,18-20,27-28,30-31H,5-10,13H2,1-4H3/t16-,18?,19-,20+,23+,24-,25+/m0/s1. The van der Waals surface area contributed by atoms with Crippen LogP contribution in [0.25, 0.3) is 0 Å². The van der Waals surface area contributed by atoms with E-state index in [1.165, 1.54) is 0 Å². The summed E-state index contributed by atoms with van der Waals surface area (Å²) in [5.41, 5.74) is -4.65. The topological polar surface area (TPSA) is 124 Å². The van der Waals surface area contributed by atoms with Gasteiger partial charge in [-0.2, -0.15) is 0 Å². The maximum atomic E-state index is 13.9. The Morgan fingerprint density at radius 1 is 1.16 bits per heavy atom. The van der Waals surface area contributed by atoms with Gasteiger partial charge in [-0.25, -0.2) is 0 Å². The zero-order valence-corrected chi connectivity index (χ0v) is 19.4. The van der Waals surface area contributed by atoms with E-state index in [1.54, 1.807) is 19.1 Å². The number of carbonyl (C=O) groups is 2. The largest absolute Gasteiger partial charge is 0.461 e.